The molecule has 14 heavy (non-hydrogen) atoms. The molecule has 0 fully saturated rings. The van der Waals surface area contributed by atoms with Crippen molar-refractivity contribution in [2.24, 2.45) is 0 Å². The predicted molar refractivity (Wildman–Crippen MR) is 55.5 cm³/mol. The van der Waals surface area contributed by atoms with Gasteiger partial charge in [0.25, 0.3) is 0 Å². The number of allylic oxidation sites excluding steroid dienone is 1. The maximum Gasteiger partial charge on any atom is 0.214 e. The second-order valence-corrected chi connectivity index (χ2v) is 3.44. The molecule has 1 aliphatic rings. The van der Waals surface area contributed by atoms with Crippen molar-refractivity contribution >= 4 is 6.41 Å². The van der Waals surface area contributed by atoms with E-state index >= 15 is 0 Å². The summed E-state index contributed by atoms with van der Waals surface area (Å²) in [4.78, 5) is 12.6. The van der Waals surface area contributed by atoms with Crippen molar-refractivity contribution in [3.05, 3.63) is 48.2 Å². The van der Waals surface area contributed by atoms with Gasteiger partial charge in [0.05, 0.1) is 6.04 Å². The van der Waals surface area contributed by atoms with E-state index in [9.17, 15) is 4.79 Å². The molecule has 1 aromatic carbocycles. The van der Waals surface area contributed by atoms with Crippen LogP contribution in [0.15, 0.2) is 42.6 Å². The Kier molecular flexibility index (Phi) is 2.63. The Balaban J connectivity index is 2.25. The lowest BCUT2D eigenvalue weighted by Crippen LogP contribution is -2.24. The molecule has 0 bridgehead atoms. The first kappa shape index (κ1) is 9.00. The Labute approximate surface area is 83.8 Å². The quantitative estimate of drug-likeness (QED) is 0.651. The van der Waals surface area contributed by atoms with Crippen LogP contribution in [0.3, 0.4) is 0 Å². The molecule has 1 atom stereocenters. The zero-order valence-corrected chi connectivity index (χ0v) is 7.97. The number of carbonyl (C=O) groups is 1. The van der Waals surface area contributed by atoms with Crippen LogP contribution >= 0.6 is 0 Å². The second-order valence-electron chi connectivity index (χ2n) is 3.44. The van der Waals surface area contributed by atoms with E-state index in [1.807, 2.05) is 30.5 Å². The van der Waals surface area contributed by atoms with Crippen LogP contribution in [0.5, 0.6) is 0 Å². The summed E-state index contributed by atoms with van der Waals surface area (Å²) >= 11 is 0. The lowest BCUT2D eigenvalue weighted by Gasteiger charge is -2.28. The molecule has 0 saturated carbocycles. The van der Waals surface area contributed by atoms with Crippen molar-refractivity contribution in [1.82, 2.24) is 4.90 Å². The van der Waals surface area contributed by atoms with Gasteiger partial charge in [-0.25, -0.2) is 0 Å². The van der Waals surface area contributed by atoms with Crippen molar-refractivity contribution in [3.8, 4) is 0 Å². The van der Waals surface area contributed by atoms with Crippen LogP contribution in [0.4, 0.5) is 0 Å². The molecule has 0 saturated heterocycles. The number of hydrogen-bond acceptors (Lipinski definition) is 1. The molecule has 2 heteroatoms. The summed E-state index contributed by atoms with van der Waals surface area (Å²) in [5.41, 5.74) is 1.21. The molecule has 1 unspecified atom stereocenters. The minimum Gasteiger partial charge on any atom is -0.314 e. The van der Waals surface area contributed by atoms with Crippen LogP contribution in [0.1, 0.15) is 24.4 Å². The Morgan fingerprint density at radius 3 is 2.79 bits per heavy atom. The number of amides is 1. The van der Waals surface area contributed by atoms with E-state index in [1.165, 1.54) is 5.56 Å². The molecule has 1 amide bonds. The summed E-state index contributed by atoms with van der Waals surface area (Å²) < 4.78 is 0. The normalized spacial score (nSPS) is 20.9. The molecule has 1 aromatic rings. The third kappa shape index (κ3) is 1.69. The Morgan fingerprint density at radius 1 is 1.29 bits per heavy atom. The SMILES string of the molecule is O=CN1C=CCCC1c1ccccc1. The Morgan fingerprint density at radius 2 is 2.07 bits per heavy atom. The van der Waals surface area contributed by atoms with Crippen LogP contribution in [-0.2, 0) is 4.79 Å². The van der Waals surface area contributed by atoms with Crippen LogP contribution in [0.2, 0.25) is 0 Å². The summed E-state index contributed by atoms with van der Waals surface area (Å²) in [6, 6.07) is 10.4. The summed E-state index contributed by atoms with van der Waals surface area (Å²) in [7, 11) is 0. The minimum atomic E-state index is 0.221. The Bertz CT molecular complexity index is 331. The lowest BCUT2D eigenvalue weighted by atomic mass is 9.99. The van der Waals surface area contributed by atoms with Gasteiger partial charge in [0.15, 0.2) is 0 Å². The molecule has 1 aliphatic heterocycles. The Hall–Kier alpha value is -1.57. The van der Waals surface area contributed by atoms with Gasteiger partial charge in [-0.15, -0.1) is 0 Å². The van der Waals surface area contributed by atoms with Gasteiger partial charge in [-0.2, -0.15) is 0 Å². The topological polar surface area (TPSA) is 20.3 Å². The molecule has 0 aliphatic carbocycles. The fourth-order valence-corrected chi connectivity index (χ4v) is 1.83. The first-order chi connectivity index (χ1) is 6.92. The van der Waals surface area contributed by atoms with E-state index in [1.54, 1.807) is 4.90 Å². The van der Waals surface area contributed by atoms with Crippen molar-refractivity contribution in [2.45, 2.75) is 18.9 Å². The van der Waals surface area contributed by atoms with Gasteiger partial charge < -0.3 is 4.90 Å². The van der Waals surface area contributed by atoms with E-state index in [-0.39, 0.29) is 6.04 Å². The first-order valence-corrected chi connectivity index (χ1v) is 4.86. The fraction of sp³-hybridized carbons (Fsp3) is 0.250. The van der Waals surface area contributed by atoms with E-state index < -0.39 is 0 Å². The van der Waals surface area contributed by atoms with E-state index in [0.29, 0.717) is 0 Å². The maximum atomic E-state index is 10.8. The minimum absolute atomic E-state index is 0.221. The van der Waals surface area contributed by atoms with Crippen LogP contribution in [-0.4, -0.2) is 11.3 Å². The number of rotatable bonds is 2. The molecular weight excluding hydrogens is 174 g/mol. The van der Waals surface area contributed by atoms with Gasteiger partial charge >= 0.3 is 0 Å². The van der Waals surface area contributed by atoms with Crippen molar-refractivity contribution in [3.63, 3.8) is 0 Å². The molecule has 2 rings (SSSR count). The molecule has 72 valence electrons. The van der Waals surface area contributed by atoms with E-state index in [0.717, 1.165) is 19.3 Å². The summed E-state index contributed by atoms with van der Waals surface area (Å²) in [6.07, 6.45) is 6.86. The molecule has 0 aromatic heterocycles. The molecular formula is C12H13NO. The van der Waals surface area contributed by atoms with Gasteiger partial charge in [0, 0.05) is 6.20 Å². The van der Waals surface area contributed by atoms with Gasteiger partial charge in [-0.05, 0) is 18.4 Å². The average Bonchev–Trinajstić information content (AvgIpc) is 2.30. The monoisotopic (exact) mass is 187 g/mol. The zero-order valence-electron chi connectivity index (χ0n) is 7.97. The summed E-state index contributed by atoms with van der Waals surface area (Å²) in [5.74, 6) is 0. The third-order valence-corrected chi connectivity index (χ3v) is 2.55. The molecule has 0 N–H and O–H groups in total. The molecule has 1 heterocycles. The standard InChI is InChI=1S/C12H13NO/c14-10-13-9-5-4-8-12(13)11-6-2-1-3-7-11/h1-3,5-7,9-10,12H,4,8H2. The third-order valence-electron chi connectivity index (χ3n) is 2.55. The van der Waals surface area contributed by atoms with Crippen LogP contribution in [0.25, 0.3) is 0 Å². The maximum absolute atomic E-state index is 10.8. The van der Waals surface area contributed by atoms with Crippen molar-refractivity contribution in [2.75, 3.05) is 0 Å². The van der Waals surface area contributed by atoms with Gasteiger partial charge in [-0.1, -0.05) is 36.4 Å². The highest BCUT2D eigenvalue weighted by Crippen LogP contribution is 2.27. The van der Waals surface area contributed by atoms with Gasteiger partial charge in [0.2, 0.25) is 6.41 Å². The summed E-state index contributed by atoms with van der Waals surface area (Å²) in [5, 5.41) is 0. The number of hydrogen-bond donors (Lipinski definition) is 0. The van der Waals surface area contributed by atoms with Crippen LogP contribution in [0, 0.1) is 0 Å². The fourth-order valence-electron chi connectivity index (χ4n) is 1.83. The molecule has 0 spiro atoms. The number of carbonyl (C=O) groups excluding carboxylic acids is 1. The van der Waals surface area contributed by atoms with Gasteiger partial charge in [0.1, 0.15) is 0 Å². The zero-order chi connectivity index (χ0) is 9.80. The highest BCUT2D eigenvalue weighted by atomic mass is 16.1. The molecule has 2 nitrogen and oxygen atoms in total. The predicted octanol–water partition coefficient (Wildman–Crippen LogP) is 2.49. The second kappa shape index (κ2) is 4.09. The number of nitrogens with zero attached hydrogens (tertiary/aromatic N) is 1. The largest absolute Gasteiger partial charge is 0.314 e. The highest BCUT2D eigenvalue weighted by Gasteiger charge is 2.18. The summed E-state index contributed by atoms with van der Waals surface area (Å²) in [6.45, 7) is 0. The van der Waals surface area contributed by atoms with Crippen molar-refractivity contribution in [1.29, 1.82) is 0 Å². The van der Waals surface area contributed by atoms with Crippen molar-refractivity contribution < 1.29 is 4.79 Å². The lowest BCUT2D eigenvalue weighted by molar-refractivity contribution is -0.118. The van der Waals surface area contributed by atoms with Gasteiger partial charge in [-0.3, -0.25) is 4.79 Å². The number of benzene rings is 1. The smallest absolute Gasteiger partial charge is 0.214 e. The highest BCUT2D eigenvalue weighted by molar-refractivity contribution is 5.51. The van der Waals surface area contributed by atoms with Crippen LogP contribution < -0.4 is 0 Å². The first-order valence-electron chi connectivity index (χ1n) is 4.86. The van der Waals surface area contributed by atoms with E-state index in [2.05, 4.69) is 12.1 Å². The average molecular weight is 187 g/mol. The van der Waals surface area contributed by atoms with E-state index in [4.69, 9.17) is 0 Å². The molecule has 0 radical (unpaired) electrons.